The summed E-state index contributed by atoms with van der Waals surface area (Å²) in [5.41, 5.74) is 3.97. The van der Waals surface area contributed by atoms with E-state index in [1.807, 2.05) is 30.4 Å². The van der Waals surface area contributed by atoms with Crippen LogP contribution >= 0.6 is 0 Å². The predicted octanol–water partition coefficient (Wildman–Crippen LogP) is 6.26. The van der Waals surface area contributed by atoms with E-state index in [-0.39, 0.29) is 62.1 Å². The molecule has 0 unspecified atom stereocenters. The number of hydrogen-bond donors (Lipinski definition) is 9. The van der Waals surface area contributed by atoms with Crippen molar-refractivity contribution in [1.29, 1.82) is 0 Å². The average Bonchev–Trinajstić information content (AvgIpc) is 3.36. The van der Waals surface area contributed by atoms with Gasteiger partial charge in [0.1, 0.15) is 5.75 Å². The lowest BCUT2D eigenvalue weighted by Crippen LogP contribution is -2.54. The van der Waals surface area contributed by atoms with Crippen molar-refractivity contribution in [2.75, 3.05) is 13.2 Å². The summed E-state index contributed by atoms with van der Waals surface area (Å²) in [5.74, 6) is 6.07. The fourth-order valence-corrected chi connectivity index (χ4v) is 8.98. The van der Waals surface area contributed by atoms with Crippen LogP contribution in [0.4, 0.5) is 0 Å². The molecular weight excluding hydrogens is 745 g/mol. The van der Waals surface area contributed by atoms with Gasteiger partial charge in [0.05, 0.1) is 24.4 Å². The van der Waals surface area contributed by atoms with Crippen LogP contribution in [0.5, 0.6) is 5.75 Å². The average molecular weight is 817 g/mol. The van der Waals surface area contributed by atoms with Crippen LogP contribution < -0.4 is 10.6 Å². The topological polar surface area (TPSA) is 183 Å². The molecule has 0 spiro atoms. The minimum absolute atomic E-state index is 0.00267. The van der Waals surface area contributed by atoms with Crippen LogP contribution in [-0.2, 0) is 24.1 Å². The van der Waals surface area contributed by atoms with E-state index in [0.29, 0.717) is 32.1 Å². The first-order valence-corrected chi connectivity index (χ1v) is 22.1. The second kappa shape index (κ2) is 24.7. The number of aliphatic carboxylic acids is 1. The summed E-state index contributed by atoms with van der Waals surface area (Å²) in [6.07, 6.45) is 13.0. The summed E-state index contributed by atoms with van der Waals surface area (Å²) in [6.45, 7) is 5.53. The molecular formula is C49H72N2O8. The van der Waals surface area contributed by atoms with Crippen LogP contribution in [0.3, 0.4) is 0 Å². The van der Waals surface area contributed by atoms with E-state index in [1.54, 1.807) is 25.1 Å². The van der Waals surface area contributed by atoms with E-state index in [2.05, 4.69) is 42.4 Å². The summed E-state index contributed by atoms with van der Waals surface area (Å²) >= 11 is 0. The van der Waals surface area contributed by atoms with Crippen LogP contribution in [0.2, 0.25) is 0 Å². The van der Waals surface area contributed by atoms with Crippen LogP contribution in [0, 0.1) is 17.8 Å². The Balaban J connectivity index is 1.84. The molecule has 0 aliphatic carbocycles. The largest absolute Gasteiger partial charge is 0.508 e. The van der Waals surface area contributed by atoms with E-state index in [0.717, 1.165) is 84.8 Å². The first-order valence-electron chi connectivity index (χ1n) is 22.1. The Morgan fingerprint density at radius 2 is 1.81 bits per heavy atom. The Morgan fingerprint density at radius 1 is 1.02 bits per heavy atom. The van der Waals surface area contributed by atoms with E-state index >= 15 is 0 Å². The zero-order valence-corrected chi connectivity index (χ0v) is 35.7. The predicted molar refractivity (Wildman–Crippen MR) is 234 cm³/mol. The third-order valence-electron chi connectivity index (χ3n) is 12.3. The zero-order chi connectivity index (χ0) is 42.8. The van der Waals surface area contributed by atoms with Crippen LogP contribution in [0.25, 0.3) is 0 Å². The summed E-state index contributed by atoms with van der Waals surface area (Å²) in [7, 11) is 0. The summed E-state index contributed by atoms with van der Waals surface area (Å²) < 4.78 is 0. The van der Waals surface area contributed by atoms with Gasteiger partial charge < -0.3 is 46.4 Å². The number of aromatic hydroxyl groups is 1. The highest BCUT2D eigenvalue weighted by molar-refractivity contribution is 5.67. The van der Waals surface area contributed by atoms with Gasteiger partial charge in [-0.3, -0.25) is 4.79 Å². The number of hydrogen-bond acceptors (Lipinski definition) is 9. The van der Waals surface area contributed by atoms with Crippen molar-refractivity contribution in [2.45, 2.75) is 172 Å². The number of aryl methyl sites for hydroxylation is 1. The number of unbranched alkanes of at least 4 members (excludes halogenated alkanes) is 2. The highest BCUT2D eigenvalue weighted by Gasteiger charge is 2.36. The Morgan fingerprint density at radius 3 is 2.56 bits per heavy atom. The Hall–Kier alpha value is -3.53. The molecule has 9 N–H and O–H groups in total. The van der Waals surface area contributed by atoms with E-state index in [9.17, 15) is 40.5 Å². The second-order valence-corrected chi connectivity index (χ2v) is 17.3. The Bertz CT molecular complexity index is 1730. The number of aliphatic hydroxyl groups is 5. The number of carbonyl (C=O) groups is 1. The monoisotopic (exact) mass is 817 g/mol. The maximum absolute atomic E-state index is 12.6. The minimum Gasteiger partial charge on any atom is -0.508 e. The molecule has 0 bridgehead atoms. The molecule has 4 rings (SSSR count). The SMILES string of the molecule is CCCCC[C@H](O)/C=C/C1=C(\C[C@H](O)CO)[C@H](CCC[C@@H]2N[C@@H](C)CCC[C@@H]2CC(=O)O)N[C@@H]([C@@](C)(O)Cc2ccc(O)cc2CCO)CC#Cc2ccccc2CC1. The van der Waals surface area contributed by atoms with E-state index in [1.165, 1.54) is 0 Å². The van der Waals surface area contributed by atoms with Gasteiger partial charge in [0.15, 0.2) is 0 Å². The lowest BCUT2D eigenvalue weighted by atomic mass is 9.82. The maximum atomic E-state index is 12.6. The lowest BCUT2D eigenvalue weighted by molar-refractivity contribution is -0.138. The van der Waals surface area contributed by atoms with Crippen molar-refractivity contribution in [3.05, 3.63) is 88.0 Å². The van der Waals surface area contributed by atoms with Gasteiger partial charge in [0, 0.05) is 55.6 Å². The van der Waals surface area contributed by atoms with Crippen LogP contribution in [-0.4, -0.2) is 96.9 Å². The third-order valence-corrected chi connectivity index (χ3v) is 12.3. The quantitative estimate of drug-likeness (QED) is 0.0546. The lowest BCUT2D eigenvalue weighted by Gasteiger charge is -2.38. The molecule has 0 radical (unpaired) electrons. The van der Waals surface area contributed by atoms with Gasteiger partial charge in [-0.1, -0.05) is 87.3 Å². The number of rotatable bonds is 20. The molecule has 1 saturated heterocycles. The molecule has 2 aromatic carbocycles. The second-order valence-electron chi connectivity index (χ2n) is 17.3. The van der Waals surface area contributed by atoms with Gasteiger partial charge in [-0.05, 0) is 124 Å². The molecule has 8 atom stereocenters. The Kier molecular flexibility index (Phi) is 20.1. The molecule has 59 heavy (non-hydrogen) atoms. The highest BCUT2D eigenvalue weighted by Crippen LogP contribution is 2.32. The number of carboxylic acids is 1. The van der Waals surface area contributed by atoms with Gasteiger partial charge in [-0.15, -0.1) is 0 Å². The maximum Gasteiger partial charge on any atom is 0.303 e. The smallest absolute Gasteiger partial charge is 0.303 e. The first kappa shape index (κ1) is 48.1. The van der Waals surface area contributed by atoms with Crippen molar-refractivity contribution in [2.24, 2.45) is 5.92 Å². The highest BCUT2D eigenvalue weighted by atomic mass is 16.4. The van der Waals surface area contributed by atoms with Crippen molar-refractivity contribution >= 4 is 5.97 Å². The molecule has 326 valence electrons. The van der Waals surface area contributed by atoms with Gasteiger partial charge in [0.2, 0.25) is 0 Å². The normalized spacial score (nSPS) is 25.1. The standard InChI is InChI=1S/C49H72N2O8/c1-4-5-6-17-41(54)25-23-37-22-21-36-14-8-7-13-35(36)15-10-20-47(49(3,59)32-40-24-26-42(55)29-38(40)27-28-52)51-46(44(37)31-43(56)33-53)19-11-18-45-39(30-48(57)58)16-9-12-34(2)50-45/h7-8,13-14,23-26,29,34,39,41,43,45-47,50-56,59H,4-6,9,11-12,16-22,27-28,30-33H2,1-3H3,(H,57,58)/b25-23+,44-37+/t34-,39+,41-,43-,45-,46-,47+,49-/m0/s1. The molecule has 1 fully saturated rings. The number of fused-ring (bicyclic) bond motifs is 1. The fourth-order valence-electron chi connectivity index (χ4n) is 8.98. The van der Waals surface area contributed by atoms with E-state index < -0.39 is 36.4 Å². The number of benzene rings is 2. The number of carboxylic acid groups (broad SMARTS) is 1. The third kappa shape index (κ3) is 15.8. The molecule has 10 nitrogen and oxygen atoms in total. The number of aliphatic hydroxyl groups excluding tert-OH is 4. The number of allylic oxidation sites excluding steroid dienone is 2. The van der Waals surface area contributed by atoms with Crippen LogP contribution in [0.15, 0.2) is 65.8 Å². The van der Waals surface area contributed by atoms with Crippen molar-refractivity contribution in [1.82, 2.24) is 10.6 Å². The number of phenolic OH excluding ortho intramolecular Hbond substituents is 1. The Labute approximate surface area is 352 Å². The molecule has 0 amide bonds. The number of phenols is 1. The minimum atomic E-state index is -1.38. The zero-order valence-electron chi connectivity index (χ0n) is 35.7. The molecule has 10 heteroatoms. The summed E-state index contributed by atoms with van der Waals surface area (Å²) in [6, 6.07) is 12.3. The summed E-state index contributed by atoms with van der Waals surface area (Å²) in [5, 5.41) is 82.6. The summed E-state index contributed by atoms with van der Waals surface area (Å²) in [4.78, 5) is 11.9. The fraction of sp³-hybridized carbons (Fsp3) is 0.612. The molecule has 0 saturated carbocycles. The van der Waals surface area contributed by atoms with Crippen LogP contribution in [0.1, 0.15) is 133 Å². The first-order chi connectivity index (χ1) is 28.3. The van der Waals surface area contributed by atoms with Crippen molar-refractivity contribution in [3.63, 3.8) is 0 Å². The van der Waals surface area contributed by atoms with Gasteiger partial charge in [-0.2, -0.15) is 0 Å². The van der Waals surface area contributed by atoms with Gasteiger partial charge in [-0.25, -0.2) is 0 Å². The molecule has 0 aromatic heterocycles. The van der Waals surface area contributed by atoms with Gasteiger partial charge in [0.25, 0.3) is 0 Å². The molecule has 2 aliphatic heterocycles. The van der Waals surface area contributed by atoms with E-state index in [4.69, 9.17) is 0 Å². The van der Waals surface area contributed by atoms with Gasteiger partial charge >= 0.3 is 5.97 Å². The van der Waals surface area contributed by atoms with Crippen molar-refractivity contribution < 1.29 is 40.5 Å². The molecule has 2 aliphatic rings. The molecule has 2 heterocycles. The van der Waals surface area contributed by atoms with Crippen molar-refractivity contribution in [3.8, 4) is 17.6 Å². The number of nitrogens with one attached hydrogen (secondary N) is 2. The molecule has 2 aromatic rings.